The molecule has 0 radical (unpaired) electrons. The molecule has 14 heavy (non-hydrogen) atoms. The van der Waals surface area contributed by atoms with Crippen molar-refractivity contribution < 1.29 is 9.84 Å². The van der Waals surface area contributed by atoms with Crippen molar-refractivity contribution in [3.05, 3.63) is 0 Å². The summed E-state index contributed by atoms with van der Waals surface area (Å²) < 4.78 is 5.45. The molecule has 0 heterocycles. The minimum absolute atomic E-state index is 0.294. The molecule has 2 atom stereocenters. The molecule has 2 heteroatoms. The van der Waals surface area contributed by atoms with E-state index in [9.17, 15) is 5.11 Å². The number of ether oxygens (including phenoxy) is 1. The predicted octanol–water partition coefficient (Wildman–Crippen LogP) is 2.74. The maximum absolute atomic E-state index is 10.3. The van der Waals surface area contributed by atoms with Gasteiger partial charge in [0, 0.05) is 7.11 Å². The monoisotopic (exact) mass is 200 g/mol. The normalized spacial score (nSPS) is 25.7. The molecular formula is C12H24O2. The SMILES string of the molecule is CCC(C)(OC)C(O)C1CCCCC1. The summed E-state index contributed by atoms with van der Waals surface area (Å²) in [6, 6.07) is 0. The second kappa shape index (κ2) is 5.13. The maximum atomic E-state index is 10.3. The highest BCUT2D eigenvalue weighted by Gasteiger charge is 2.37. The fourth-order valence-electron chi connectivity index (χ4n) is 2.42. The Morgan fingerprint density at radius 3 is 2.36 bits per heavy atom. The van der Waals surface area contributed by atoms with Crippen LogP contribution in [0.3, 0.4) is 0 Å². The van der Waals surface area contributed by atoms with Crippen molar-refractivity contribution in [3.63, 3.8) is 0 Å². The molecule has 0 spiro atoms. The third kappa shape index (κ3) is 2.48. The molecule has 0 aromatic rings. The number of aliphatic hydroxyl groups is 1. The maximum Gasteiger partial charge on any atom is 0.0908 e. The molecule has 0 bridgehead atoms. The van der Waals surface area contributed by atoms with Gasteiger partial charge in [0.15, 0.2) is 0 Å². The molecule has 1 rings (SSSR count). The Morgan fingerprint density at radius 2 is 1.93 bits per heavy atom. The van der Waals surface area contributed by atoms with Crippen LogP contribution >= 0.6 is 0 Å². The van der Waals surface area contributed by atoms with Crippen LogP contribution in [-0.2, 0) is 4.74 Å². The van der Waals surface area contributed by atoms with Crippen molar-refractivity contribution in [3.8, 4) is 0 Å². The van der Waals surface area contributed by atoms with Crippen molar-refractivity contribution in [2.75, 3.05) is 7.11 Å². The van der Waals surface area contributed by atoms with Crippen LogP contribution in [0, 0.1) is 5.92 Å². The third-order valence-electron chi connectivity index (χ3n) is 3.89. The van der Waals surface area contributed by atoms with Crippen molar-refractivity contribution in [1.29, 1.82) is 0 Å². The summed E-state index contributed by atoms with van der Waals surface area (Å²) in [5.74, 6) is 0.452. The van der Waals surface area contributed by atoms with Gasteiger partial charge in [-0.2, -0.15) is 0 Å². The molecule has 0 saturated heterocycles. The van der Waals surface area contributed by atoms with E-state index in [2.05, 4.69) is 6.92 Å². The Hall–Kier alpha value is -0.0800. The summed E-state index contributed by atoms with van der Waals surface area (Å²) in [7, 11) is 1.70. The van der Waals surface area contributed by atoms with Gasteiger partial charge in [-0.1, -0.05) is 26.2 Å². The van der Waals surface area contributed by atoms with E-state index in [1.165, 1.54) is 32.1 Å². The Kier molecular flexibility index (Phi) is 4.39. The summed E-state index contributed by atoms with van der Waals surface area (Å²) in [6.07, 6.45) is 6.79. The van der Waals surface area contributed by atoms with Gasteiger partial charge in [0.05, 0.1) is 11.7 Å². The topological polar surface area (TPSA) is 29.5 Å². The highest BCUT2D eigenvalue weighted by atomic mass is 16.5. The zero-order valence-corrected chi connectivity index (χ0v) is 9.75. The van der Waals surface area contributed by atoms with Crippen molar-refractivity contribution in [2.45, 2.75) is 64.1 Å². The average molecular weight is 200 g/mol. The van der Waals surface area contributed by atoms with Crippen LogP contribution in [-0.4, -0.2) is 23.9 Å². The number of hydrogen-bond donors (Lipinski definition) is 1. The molecule has 1 fully saturated rings. The molecule has 0 aromatic carbocycles. The van der Waals surface area contributed by atoms with Crippen LogP contribution in [0.5, 0.6) is 0 Å². The van der Waals surface area contributed by atoms with Gasteiger partial charge in [0.2, 0.25) is 0 Å². The first-order valence-corrected chi connectivity index (χ1v) is 5.87. The summed E-state index contributed by atoms with van der Waals surface area (Å²) in [4.78, 5) is 0. The number of rotatable bonds is 4. The second-order valence-corrected chi connectivity index (χ2v) is 4.71. The van der Waals surface area contributed by atoms with Crippen LogP contribution in [0.2, 0.25) is 0 Å². The van der Waals surface area contributed by atoms with Gasteiger partial charge >= 0.3 is 0 Å². The lowest BCUT2D eigenvalue weighted by atomic mass is 9.78. The molecule has 0 aromatic heterocycles. The second-order valence-electron chi connectivity index (χ2n) is 4.71. The van der Waals surface area contributed by atoms with Gasteiger partial charge in [0.25, 0.3) is 0 Å². The van der Waals surface area contributed by atoms with Crippen molar-refractivity contribution in [1.82, 2.24) is 0 Å². The smallest absolute Gasteiger partial charge is 0.0908 e. The minimum atomic E-state index is -0.345. The first kappa shape index (κ1) is 12.0. The van der Waals surface area contributed by atoms with E-state index < -0.39 is 0 Å². The van der Waals surface area contributed by atoms with E-state index in [0.29, 0.717) is 5.92 Å². The van der Waals surface area contributed by atoms with Crippen LogP contribution in [0.15, 0.2) is 0 Å². The van der Waals surface area contributed by atoms with E-state index in [1.54, 1.807) is 7.11 Å². The lowest BCUT2D eigenvalue weighted by Crippen LogP contribution is -2.45. The Bertz CT molecular complexity index is 158. The highest BCUT2D eigenvalue weighted by Crippen LogP contribution is 2.33. The zero-order chi connectivity index (χ0) is 10.6. The lowest BCUT2D eigenvalue weighted by molar-refractivity contribution is -0.119. The van der Waals surface area contributed by atoms with Gasteiger partial charge in [-0.25, -0.2) is 0 Å². The Morgan fingerprint density at radius 1 is 1.36 bits per heavy atom. The van der Waals surface area contributed by atoms with E-state index in [0.717, 1.165) is 6.42 Å². The largest absolute Gasteiger partial charge is 0.390 e. The molecule has 1 aliphatic carbocycles. The zero-order valence-electron chi connectivity index (χ0n) is 9.75. The number of methoxy groups -OCH3 is 1. The van der Waals surface area contributed by atoms with Gasteiger partial charge < -0.3 is 9.84 Å². The molecule has 0 amide bonds. The molecule has 2 nitrogen and oxygen atoms in total. The van der Waals surface area contributed by atoms with Crippen LogP contribution in [0.4, 0.5) is 0 Å². The summed E-state index contributed by atoms with van der Waals surface area (Å²) in [6.45, 7) is 4.10. The van der Waals surface area contributed by atoms with Gasteiger partial charge in [-0.05, 0) is 32.1 Å². The summed E-state index contributed by atoms with van der Waals surface area (Å²) in [5.41, 5.74) is -0.345. The minimum Gasteiger partial charge on any atom is -0.390 e. The first-order chi connectivity index (χ1) is 6.64. The molecule has 1 N–H and O–H groups in total. The summed E-state index contributed by atoms with van der Waals surface area (Å²) >= 11 is 0. The Balaban J connectivity index is 2.56. The van der Waals surface area contributed by atoms with Crippen LogP contribution in [0.25, 0.3) is 0 Å². The molecule has 84 valence electrons. The number of aliphatic hydroxyl groups excluding tert-OH is 1. The third-order valence-corrected chi connectivity index (χ3v) is 3.89. The van der Waals surface area contributed by atoms with Gasteiger partial charge in [-0.3, -0.25) is 0 Å². The van der Waals surface area contributed by atoms with Crippen molar-refractivity contribution in [2.24, 2.45) is 5.92 Å². The lowest BCUT2D eigenvalue weighted by Gasteiger charge is -2.38. The van der Waals surface area contributed by atoms with E-state index in [-0.39, 0.29) is 11.7 Å². The quantitative estimate of drug-likeness (QED) is 0.756. The highest BCUT2D eigenvalue weighted by molar-refractivity contribution is 4.88. The van der Waals surface area contributed by atoms with Gasteiger partial charge in [-0.15, -0.1) is 0 Å². The summed E-state index contributed by atoms with van der Waals surface area (Å²) in [5, 5.41) is 10.3. The standard InChI is InChI=1S/C12H24O2/c1-4-12(2,14-3)11(13)10-8-6-5-7-9-10/h10-11,13H,4-9H2,1-3H3. The fraction of sp³-hybridized carbons (Fsp3) is 1.00. The molecule has 0 aliphatic heterocycles. The molecule has 1 aliphatic rings. The number of hydrogen-bond acceptors (Lipinski definition) is 2. The van der Waals surface area contributed by atoms with Crippen molar-refractivity contribution >= 4 is 0 Å². The molecule has 1 saturated carbocycles. The molecular weight excluding hydrogens is 176 g/mol. The first-order valence-electron chi connectivity index (χ1n) is 5.87. The van der Waals surface area contributed by atoms with E-state index in [4.69, 9.17) is 4.74 Å². The average Bonchev–Trinajstić information content (AvgIpc) is 2.28. The fourth-order valence-corrected chi connectivity index (χ4v) is 2.42. The molecule has 2 unspecified atom stereocenters. The van der Waals surface area contributed by atoms with Crippen LogP contribution in [0.1, 0.15) is 52.4 Å². The van der Waals surface area contributed by atoms with Crippen LogP contribution < -0.4 is 0 Å². The predicted molar refractivity (Wildman–Crippen MR) is 58.3 cm³/mol. The van der Waals surface area contributed by atoms with Gasteiger partial charge in [0.1, 0.15) is 0 Å². The Labute approximate surface area is 87.7 Å². The van der Waals surface area contributed by atoms with E-state index in [1.807, 2.05) is 6.92 Å². The van der Waals surface area contributed by atoms with E-state index >= 15 is 0 Å².